The number of morpholine rings is 1. The van der Waals surface area contributed by atoms with E-state index >= 15 is 0 Å². The number of para-hydroxylation sites is 1. The molecule has 1 aromatic rings. The van der Waals surface area contributed by atoms with Gasteiger partial charge in [0.1, 0.15) is 12.6 Å². The van der Waals surface area contributed by atoms with Crippen LogP contribution < -0.4 is 4.90 Å². The molecule has 6 nitrogen and oxygen atoms in total. The van der Waals surface area contributed by atoms with Crippen LogP contribution in [0.5, 0.6) is 0 Å². The second kappa shape index (κ2) is 7.19. The third-order valence-corrected chi connectivity index (χ3v) is 3.50. The smallest absolute Gasteiger partial charge is 0.323 e. The first-order valence-corrected chi connectivity index (χ1v) is 7.04. The Morgan fingerprint density at radius 2 is 2.10 bits per heavy atom. The van der Waals surface area contributed by atoms with Gasteiger partial charge in [0.2, 0.25) is 0 Å². The van der Waals surface area contributed by atoms with Crippen LogP contribution in [0.4, 0.5) is 5.69 Å². The van der Waals surface area contributed by atoms with Crippen molar-refractivity contribution in [2.24, 2.45) is 0 Å². The molecule has 1 heterocycles. The number of carbonyl (C=O) groups excluding carboxylic acids is 1. The van der Waals surface area contributed by atoms with Gasteiger partial charge in [0.25, 0.3) is 5.91 Å². The van der Waals surface area contributed by atoms with Crippen LogP contribution in [0.2, 0.25) is 0 Å². The normalized spacial score (nSPS) is 19.2. The van der Waals surface area contributed by atoms with Gasteiger partial charge in [-0.15, -0.1) is 0 Å². The minimum absolute atomic E-state index is 0.304. The molecule has 1 N–H and O–H groups in total. The second-order valence-electron chi connectivity index (χ2n) is 4.91. The van der Waals surface area contributed by atoms with Gasteiger partial charge in [0.05, 0.1) is 6.61 Å². The number of ether oxygens (including phenoxy) is 1. The molecule has 1 aliphatic rings. The number of amides is 1. The molecule has 114 valence electrons. The van der Waals surface area contributed by atoms with E-state index in [2.05, 4.69) is 4.90 Å². The van der Waals surface area contributed by atoms with Gasteiger partial charge in [-0.3, -0.25) is 19.4 Å². The standard InChI is InChI=1S/C15H20N2O4/c1-2-16-8-9-21-13(10-16)15(20)17(11-14(18)19)12-6-4-3-5-7-12/h3-7,13H,2,8-11H2,1H3,(H,18,19). The molecule has 0 bridgehead atoms. The topological polar surface area (TPSA) is 70.1 Å². The van der Waals surface area contributed by atoms with E-state index in [4.69, 9.17) is 9.84 Å². The van der Waals surface area contributed by atoms with Crippen LogP contribution in [0.3, 0.4) is 0 Å². The lowest BCUT2D eigenvalue weighted by atomic mass is 10.2. The Hall–Kier alpha value is -1.92. The van der Waals surface area contributed by atoms with Crippen molar-refractivity contribution in [3.8, 4) is 0 Å². The van der Waals surface area contributed by atoms with Crippen LogP contribution in [-0.4, -0.2) is 60.8 Å². The lowest BCUT2D eigenvalue weighted by molar-refractivity contribution is -0.140. The first-order chi connectivity index (χ1) is 10.1. The highest BCUT2D eigenvalue weighted by atomic mass is 16.5. The van der Waals surface area contributed by atoms with Crippen LogP contribution in [0.15, 0.2) is 30.3 Å². The van der Waals surface area contributed by atoms with Crippen molar-refractivity contribution in [2.75, 3.05) is 37.7 Å². The highest BCUT2D eigenvalue weighted by molar-refractivity contribution is 6.00. The summed E-state index contributed by atoms with van der Waals surface area (Å²) in [6, 6.07) is 8.82. The van der Waals surface area contributed by atoms with Crippen molar-refractivity contribution in [3.63, 3.8) is 0 Å². The molecule has 2 rings (SSSR count). The summed E-state index contributed by atoms with van der Waals surface area (Å²) in [6.45, 7) is 4.29. The number of carboxylic acid groups (broad SMARTS) is 1. The Morgan fingerprint density at radius 1 is 1.38 bits per heavy atom. The van der Waals surface area contributed by atoms with E-state index in [1.165, 1.54) is 4.90 Å². The van der Waals surface area contributed by atoms with Gasteiger partial charge in [-0.05, 0) is 18.7 Å². The monoisotopic (exact) mass is 292 g/mol. The zero-order chi connectivity index (χ0) is 15.2. The van der Waals surface area contributed by atoms with Crippen molar-refractivity contribution in [2.45, 2.75) is 13.0 Å². The molecule has 1 aromatic carbocycles. The van der Waals surface area contributed by atoms with Crippen molar-refractivity contribution >= 4 is 17.6 Å². The summed E-state index contributed by atoms with van der Waals surface area (Å²) < 4.78 is 5.53. The Bertz CT molecular complexity index is 492. The van der Waals surface area contributed by atoms with Crippen molar-refractivity contribution in [1.29, 1.82) is 0 Å². The molecular formula is C15H20N2O4. The van der Waals surface area contributed by atoms with E-state index in [1.807, 2.05) is 13.0 Å². The molecule has 1 atom stereocenters. The fraction of sp³-hybridized carbons (Fsp3) is 0.467. The zero-order valence-corrected chi connectivity index (χ0v) is 12.1. The Labute approximate surface area is 123 Å². The lowest BCUT2D eigenvalue weighted by Crippen LogP contribution is -2.52. The van der Waals surface area contributed by atoms with E-state index in [9.17, 15) is 9.59 Å². The summed E-state index contributed by atoms with van der Waals surface area (Å²) in [5.41, 5.74) is 0.571. The predicted octanol–water partition coefficient (Wildman–Crippen LogP) is 0.825. The summed E-state index contributed by atoms with van der Waals surface area (Å²) in [5, 5.41) is 9.05. The molecule has 0 radical (unpaired) electrons. The maximum Gasteiger partial charge on any atom is 0.323 e. The van der Waals surface area contributed by atoms with Crippen LogP contribution in [0.1, 0.15) is 6.92 Å². The first-order valence-electron chi connectivity index (χ1n) is 7.04. The average molecular weight is 292 g/mol. The highest BCUT2D eigenvalue weighted by Gasteiger charge is 2.31. The van der Waals surface area contributed by atoms with Gasteiger partial charge >= 0.3 is 5.97 Å². The number of carbonyl (C=O) groups is 2. The van der Waals surface area contributed by atoms with Crippen LogP contribution in [0, 0.1) is 0 Å². The summed E-state index contributed by atoms with van der Waals surface area (Å²) in [4.78, 5) is 27.0. The molecule has 0 saturated carbocycles. The van der Waals surface area contributed by atoms with E-state index in [-0.39, 0.29) is 12.5 Å². The molecule has 21 heavy (non-hydrogen) atoms. The quantitative estimate of drug-likeness (QED) is 0.870. The third kappa shape index (κ3) is 4.03. The van der Waals surface area contributed by atoms with E-state index < -0.39 is 12.1 Å². The number of nitrogens with zero attached hydrogens (tertiary/aromatic N) is 2. The molecule has 1 unspecified atom stereocenters. The van der Waals surface area contributed by atoms with Crippen molar-refractivity contribution in [1.82, 2.24) is 4.90 Å². The number of rotatable bonds is 5. The van der Waals surface area contributed by atoms with E-state index in [1.54, 1.807) is 24.3 Å². The molecule has 0 spiro atoms. The Morgan fingerprint density at radius 3 is 2.71 bits per heavy atom. The molecule has 1 fully saturated rings. The number of anilines is 1. The minimum atomic E-state index is -1.05. The SMILES string of the molecule is CCN1CCOC(C(=O)N(CC(=O)O)c2ccccc2)C1. The maximum atomic E-state index is 12.6. The molecule has 1 saturated heterocycles. The van der Waals surface area contributed by atoms with Crippen LogP contribution in [-0.2, 0) is 14.3 Å². The van der Waals surface area contributed by atoms with Gasteiger partial charge in [0.15, 0.2) is 0 Å². The predicted molar refractivity (Wildman–Crippen MR) is 78.3 cm³/mol. The van der Waals surface area contributed by atoms with Crippen LogP contribution in [0.25, 0.3) is 0 Å². The Balaban J connectivity index is 2.16. The van der Waals surface area contributed by atoms with Gasteiger partial charge in [-0.2, -0.15) is 0 Å². The highest BCUT2D eigenvalue weighted by Crippen LogP contribution is 2.17. The lowest BCUT2D eigenvalue weighted by Gasteiger charge is -2.34. The second-order valence-corrected chi connectivity index (χ2v) is 4.91. The van der Waals surface area contributed by atoms with Gasteiger partial charge < -0.3 is 9.84 Å². The molecule has 1 aliphatic heterocycles. The number of hydrogen-bond donors (Lipinski definition) is 1. The number of likely N-dealkylation sites (N-methyl/N-ethyl adjacent to an activating group) is 1. The van der Waals surface area contributed by atoms with Crippen molar-refractivity contribution < 1.29 is 19.4 Å². The van der Waals surface area contributed by atoms with Crippen LogP contribution >= 0.6 is 0 Å². The molecule has 0 aromatic heterocycles. The first kappa shape index (κ1) is 15.5. The zero-order valence-electron chi connectivity index (χ0n) is 12.1. The molecule has 0 aliphatic carbocycles. The average Bonchev–Trinajstić information content (AvgIpc) is 2.52. The summed E-state index contributed by atoms with van der Waals surface area (Å²) >= 11 is 0. The summed E-state index contributed by atoms with van der Waals surface area (Å²) in [5.74, 6) is -1.35. The number of carboxylic acids is 1. The van der Waals surface area contributed by atoms with Gasteiger partial charge in [0, 0.05) is 18.8 Å². The summed E-state index contributed by atoms with van der Waals surface area (Å²) in [7, 11) is 0. The van der Waals surface area contributed by atoms with E-state index in [0.717, 1.165) is 13.1 Å². The summed E-state index contributed by atoms with van der Waals surface area (Å²) in [6.07, 6.45) is -0.613. The number of aliphatic carboxylic acids is 1. The molecular weight excluding hydrogens is 272 g/mol. The third-order valence-electron chi connectivity index (χ3n) is 3.50. The van der Waals surface area contributed by atoms with Gasteiger partial charge in [-0.25, -0.2) is 0 Å². The van der Waals surface area contributed by atoms with Gasteiger partial charge in [-0.1, -0.05) is 25.1 Å². The van der Waals surface area contributed by atoms with Crippen molar-refractivity contribution in [3.05, 3.63) is 30.3 Å². The minimum Gasteiger partial charge on any atom is -0.480 e. The number of hydrogen-bond acceptors (Lipinski definition) is 4. The molecule has 6 heteroatoms. The largest absolute Gasteiger partial charge is 0.480 e. The Kier molecular flexibility index (Phi) is 5.30. The maximum absolute atomic E-state index is 12.6. The number of benzene rings is 1. The fourth-order valence-electron chi connectivity index (χ4n) is 2.35. The fourth-order valence-corrected chi connectivity index (χ4v) is 2.35. The molecule has 1 amide bonds. The van der Waals surface area contributed by atoms with E-state index in [0.29, 0.717) is 18.8 Å².